The van der Waals surface area contributed by atoms with Gasteiger partial charge in [0.25, 0.3) is 10.0 Å². The van der Waals surface area contributed by atoms with Crippen molar-refractivity contribution in [3.05, 3.63) is 54.2 Å². The first-order valence-corrected chi connectivity index (χ1v) is 10.8. The molecule has 0 unspecified atom stereocenters. The SMILES string of the molecule is CC(=O)Oc1cn(S(=O)(=O)c2ccc(C)cc2)c2ccc(N3CCOCC3)cc12. The lowest BCUT2D eigenvalue weighted by atomic mass is 10.2. The maximum Gasteiger partial charge on any atom is 0.308 e. The van der Waals surface area contributed by atoms with Crippen LogP contribution in [0.3, 0.4) is 0 Å². The number of carbonyl (C=O) groups is 1. The van der Waals surface area contributed by atoms with Crippen molar-refractivity contribution >= 4 is 32.6 Å². The van der Waals surface area contributed by atoms with Crippen LogP contribution in [0.1, 0.15) is 12.5 Å². The van der Waals surface area contributed by atoms with Crippen LogP contribution in [0.5, 0.6) is 5.75 Å². The number of benzene rings is 2. The van der Waals surface area contributed by atoms with Gasteiger partial charge in [-0.1, -0.05) is 17.7 Å². The Balaban J connectivity index is 1.86. The van der Waals surface area contributed by atoms with Gasteiger partial charge in [0.1, 0.15) is 0 Å². The van der Waals surface area contributed by atoms with Crippen LogP contribution >= 0.6 is 0 Å². The number of esters is 1. The highest BCUT2D eigenvalue weighted by Crippen LogP contribution is 2.34. The van der Waals surface area contributed by atoms with Crippen molar-refractivity contribution in [2.24, 2.45) is 0 Å². The molecule has 1 aliphatic rings. The van der Waals surface area contributed by atoms with Crippen molar-refractivity contribution in [1.82, 2.24) is 3.97 Å². The number of hydrogen-bond acceptors (Lipinski definition) is 6. The van der Waals surface area contributed by atoms with Crippen molar-refractivity contribution < 1.29 is 22.7 Å². The molecule has 3 aromatic rings. The fraction of sp³-hybridized carbons (Fsp3) is 0.286. The molecule has 0 N–H and O–H groups in total. The van der Waals surface area contributed by atoms with Crippen LogP contribution in [0.15, 0.2) is 53.6 Å². The number of rotatable bonds is 4. The lowest BCUT2D eigenvalue weighted by Gasteiger charge is -2.28. The highest BCUT2D eigenvalue weighted by Gasteiger charge is 2.23. The van der Waals surface area contributed by atoms with E-state index in [4.69, 9.17) is 9.47 Å². The van der Waals surface area contributed by atoms with Crippen molar-refractivity contribution in [3.63, 3.8) is 0 Å². The Morgan fingerprint density at radius 2 is 1.76 bits per heavy atom. The molecule has 29 heavy (non-hydrogen) atoms. The number of morpholine rings is 1. The smallest absolute Gasteiger partial charge is 0.308 e. The topological polar surface area (TPSA) is 77.8 Å². The van der Waals surface area contributed by atoms with Crippen molar-refractivity contribution in [2.75, 3.05) is 31.2 Å². The minimum atomic E-state index is -3.84. The zero-order chi connectivity index (χ0) is 20.6. The number of hydrogen-bond donors (Lipinski definition) is 0. The predicted octanol–water partition coefficient (Wildman–Crippen LogP) is 2.95. The third kappa shape index (κ3) is 3.73. The molecule has 0 saturated carbocycles. The maximum absolute atomic E-state index is 13.2. The Morgan fingerprint density at radius 1 is 1.07 bits per heavy atom. The molecule has 0 spiro atoms. The molecule has 152 valence electrons. The summed E-state index contributed by atoms with van der Waals surface area (Å²) in [5.41, 5.74) is 2.36. The fourth-order valence-corrected chi connectivity index (χ4v) is 4.80. The van der Waals surface area contributed by atoms with Crippen LogP contribution < -0.4 is 9.64 Å². The number of fused-ring (bicyclic) bond motifs is 1. The largest absolute Gasteiger partial charge is 0.424 e. The molecular formula is C21H22N2O5S. The van der Waals surface area contributed by atoms with Gasteiger partial charge in [0, 0.05) is 31.1 Å². The minimum absolute atomic E-state index is 0.173. The maximum atomic E-state index is 13.2. The molecule has 1 aromatic heterocycles. The summed E-state index contributed by atoms with van der Waals surface area (Å²) in [6.07, 6.45) is 1.37. The molecule has 1 aliphatic heterocycles. The molecule has 8 heteroatoms. The van der Waals surface area contributed by atoms with Crippen molar-refractivity contribution in [3.8, 4) is 5.75 Å². The van der Waals surface area contributed by atoms with Crippen molar-refractivity contribution in [2.45, 2.75) is 18.7 Å². The van der Waals surface area contributed by atoms with Crippen LogP contribution in [-0.4, -0.2) is 44.7 Å². The Hall–Kier alpha value is -2.84. The quantitative estimate of drug-likeness (QED) is 0.611. The summed E-state index contributed by atoms with van der Waals surface area (Å²) in [5, 5.41) is 0.569. The summed E-state index contributed by atoms with van der Waals surface area (Å²) in [6, 6.07) is 12.1. The number of carbonyl (C=O) groups excluding carboxylic acids is 1. The van der Waals surface area contributed by atoms with E-state index in [1.165, 1.54) is 17.1 Å². The molecule has 0 amide bonds. The minimum Gasteiger partial charge on any atom is -0.424 e. The Morgan fingerprint density at radius 3 is 2.41 bits per heavy atom. The molecule has 4 rings (SSSR count). The summed E-state index contributed by atoms with van der Waals surface area (Å²) in [4.78, 5) is 13.9. The van der Waals surface area contributed by atoms with Gasteiger partial charge in [-0.3, -0.25) is 4.79 Å². The van der Waals surface area contributed by atoms with Crippen LogP contribution in [0.2, 0.25) is 0 Å². The van der Waals surface area contributed by atoms with Crippen LogP contribution in [-0.2, 0) is 19.6 Å². The third-order valence-electron chi connectivity index (χ3n) is 4.93. The first kappa shape index (κ1) is 19.5. The predicted molar refractivity (Wildman–Crippen MR) is 110 cm³/mol. The first-order valence-electron chi connectivity index (χ1n) is 9.35. The van der Waals surface area contributed by atoms with E-state index in [0.29, 0.717) is 24.1 Å². The summed E-state index contributed by atoms with van der Waals surface area (Å²) in [6.45, 7) is 5.96. The molecule has 0 radical (unpaired) electrons. The van der Waals surface area contributed by atoms with Gasteiger partial charge in [0.05, 0.1) is 29.8 Å². The lowest BCUT2D eigenvalue weighted by molar-refractivity contribution is -0.131. The number of nitrogens with zero attached hydrogens (tertiary/aromatic N) is 2. The molecular weight excluding hydrogens is 392 g/mol. The van der Waals surface area contributed by atoms with E-state index in [0.717, 1.165) is 24.3 Å². The summed E-state index contributed by atoms with van der Waals surface area (Å²) in [5.74, 6) is -0.285. The number of anilines is 1. The van der Waals surface area contributed by atoms with E-state index in [2.05, 4.69) is 4.90 Å². The number of aryl methyl sites for hydroxylation is 1. The highest BCUT2D eigenvalue weighted by molar-refractivity contribution is 7.90. The monoisotopic (exact) mass is 414 g/mol. The molecule has 2 aromatic carbocycles. The second kappa shape index (κ2) is 7.53. The van der Waals surface area contributed by atoms with E-state index in [-0.39, 0.29) is 10.6 Å². The molecule has 0 bridgehead atoms. The Labute approximate surface area is 169 Å². The van der Waals surface area contributed by atoms with E-state index in [1.54, 1.807) is 30.3 Å². The van der Waals surface area contributed by atoms with Gasteiger partial charge < -0.3 is 14.4 Å². The van der Waals surface area contributed by atoms with Crippen LogP contribution in [0.25, 0.3) is 10.9 Å². The molecule has 1 fully saturated rings. The van der Waals surface area contributed by atoms with Gasteiger partial charge in [0.15, 0.2) is 5.75 Å². The fourth-order valence-electron chi connectivity index (χ4n) is 3.44. The zero-order valence-electron chi connectivity index (χ0n) is 16.3. The normalized spacial score (nSPS) is 14.9. The average Bonchev–Trinajstić information content (AvgIpc) is 3.07. The van der Waals surface area contributed by atoms with Gasteiger partial charge in [-0.15, -0.1) is 0 Å². The van der Waals surface area contributed by atoms with E-state index in [1.807, 2.05) is 19.1 Å². The second-order valence-electron chi connectivity index (χ2n) is 7.00. The number of aromatic nitrogens is 1. The Bertz CT molecular complexity index is 1160. The van der Waals surface area contributed by atoms with Gasteiger partial charge in [-0.25, -0.2) is 12.4 Å². The Kier molecular flexibility index (Phi) is 5.06. The molecule has 7 nitrogen and oxygen atoms in total. The molecule has 2 heterocycles. The van der Waals surface area contributed by atoms with Gasteiger partial charge in [0.2, 0.25) is 0 Å². The van der Waals surface area contributed by atoms with E-state index >= 15 is 0 Å². The van der Waals surface area contributed by atoms with Gasteiger partial charge in [-0.2, -0.15) is 0 Å². The van der Waals surface area contributed by atoms with Crippen LogP contribution in [0, 0.1) is 6.92 Å². The molecule has 0 aliphatic carbocycles. The van der Waals surface area contributed by atoms with Crippen LogP contribution in [0.4, 0.5) is 5.69 Å². The van der Waals surface area contributed by atoms with E-state index in [9.17, 15) is 13.2 Å². The summed E-state index contributed by atoms with van der Waals surface area (Å²) < 4.78 is 38.4. The average molecular weight is 414 g/mol. The summed E-state index contributed by atoms with van der Waals surface area (Å²) >= 11 is 0. The standard InChI is InChI=1S/C21H22N2O5S/c1-15-3-6-18(7-4-15)29(25,26)23-14-21(28-16(2)24)19-13-17(5-8-20(19)23)22-9-11-27-12-10-22/h3-8,13-14H,9-12H2,1-2H3. The first-order chi connectivity index (χ1) is 13.9. The number of ether oxygens (including phenoxy) is 2. The molecule has 0 atom stereocenters. The summed E-state index contributed by atoms with van der Waals surface area (Å²) in [7, 11) is -3.84. The van der Waals surface area contributed by atoms with E-state index < -0.39 is 16.0 Å². The highest BCUT2D eigenvalue weighted by atomic mass is 32.2. The van der Waals surface area contributed by atoms with Crippen molar-refractivity contribution in [1.29, 1.82) is 0 Å². The molecule has 1 saturated heterocycles. The lowest BCUT2D eigenvalue weighted by Crippen LogP contribution is -2.36. The zero-order valence-corrected chi connectivity index (χ0v) is 17.1. The van der Waals surface area contributed by atoms with Gasteiger partial charge in [-0.05, 0) is 37.3 Å². The third-order valence-corrected chi connectivity index (χ3v) is 6.61. The second-order valence-corrected chi connectivity index (χ2v) is 8.82. The van der Waals surface area contributed by atoms with Gasteiger partial charge >= 0.3 is 5.97 Å².